The Morgan fingerprint density at radius 3 is 2.67 bits per heavy atom. The minimum Gasteiger partial charge on any atom is -0.489 e. The van der Waals surface area contributed by atoms with Crippen LogP contribution in [-0.4, -0.2) is 102 Å². The van der Waals surface area contributed by atoms with Crippen molar-refractivity contribution in [3.8, 4) is 5.75 Å². The minimum absolute atomic E-state index is 0.0274. The van der Waals surface area contributed by atoms with Crippen LogP contribution in [0.4, 0.5) is 5.82 Å². The first-order valence-corrected chi connectivity index (χ1v) is 21.2. The molecule has 0 spiro atoms. The number of carbonyl (C=O) groups is 1. The second-order valence-corrected chi connectivity index (χ2v) is 17.7. The van der Waals surface area contributed by atoms with Crippen molar-refractivity contribution in [2.45, 2.75) is 95.5 Å². The lowest BCUT2D eigenvalue weighted by atomic mass is 9.70. The molecule has 1 N–H and O–H groups in total. The maximum absolute atomic E-state index is 13.2. The van der Waals surface area contributed by atoms with Gasteiger partial charge in [-0.2, -0.15) is 0 Å². The molecule has 9 nitrogen and oxygen atoms in total. The van der Waals surface area contributed by atoms with E-state index in [1.807, 2.05) is 19.1 Å². The van der Waals surface area contributed by atoms with Gasteiger partial charge in [0.05, 0.1) is 18.0 Å². The molecule has 8 atom stereocenters. The molecule has 1 aliphatic carbocycles. The van der Waals surface area contributed by atoms with Crippen molar-refractivity contribution in [2.24, 2.45) is 17.8 Å². The number of methoxy groups -OCH3 is 1. The van der Waals surface area contributed by atoms with Gasteiger partial charge in [-0.1, -0.05) is 56.5 Å². The topological polar surface area (TPSA) is 87.2 Å². The van der Waals surface area contributed by atoms with Gasteiger partial charge in [-0.05, 0) is 112 Å². The summed E-state index contributed by atoms with van der Waals surface area (Å²) in [5.74, 6) is 1.96. The van der Waals surface area contributed by atoms with Gasteiger partial charge < -0.3 is 19.3 Å². The van der Waals surface area contributed by atoms with E-state index >= 15 is 0 Å². The maximum Gasteiger partial charge on any atom is 0.281 e. The summed E-state index contributed by atoms with van der Waals surface area (Å²) in [5, 5.41) is 0.529. The molecule has 286 valence electrons. The van der Waals surface area contributed by atoms with Gasteiger partial charge in [0.25, 0.3) is 5.91 Å². The van der Waals surface area contributed by atoms with Crippen LogP contribution < -0.4 is 14.4 Å². The Labute approximate surface area is 319 Å². The van der Waals surface area contributed by atoms with E-state index in [9.17, 15) is 9.00 Å². The summed E-state index contributed by atoms with van der Waals surface area (Å²) in [6, 6.07) is 10.6. The van der Waals surface area contributed by atoms with Crippen LogP contribution in [0, 0.1) is 17.8 Å². The molecule has 5 heterocycles. The SMILES string of the molecule is CCCc1cc(Cl)ccc1C1COc2ccc3nc2N(C1)CC1CCC1C(OC)/C=C/CC(C)C(C)S(=O)NC3=O.CN1CCN2CCCCC2C1. The van der Waals surface area contributed by atoms with Crippen LogP contribution in [0.1, 0.15) is 93.3 Å². The molecule has 4 aliphatic heterocycles. The first-order valence-electron chi connectivity index (χ1n) is 19.7. The lowest BCUT2D eigenvalue weighted by Crippen LogP contribution is -2.53. The summed E-state index contributed by atoms with van der Waals surface area (Å²) >= 11 is 6.39. The van der Waals surface area contributed by atoms with Gasteiger partial charge in [-0.3, -0.25) is 14.4 Å². The standard InChI is InChI=1S/C32H42ClN3O4S.C9H18N2/c1-5-7-22-16-25(33)11-13-26(22)24-18-36-17-23-10-12-27(23)29(39-4)9-6-8-20(2)21(3)41(38)35-32(37)28-14-15-30(40-19-24)31(36)34-28;1-10-6-7-11-5-3-2-4-9(11)8-10/h6,9,11,13-16,20-21,23-24,27,29H,5,7-8,10,12,17-19H2,1-4H3,(H,35,37);9H,2-8H2,1H3/b9-6+;. The third kappa shape index (κ3) is 9.41. The first-order chi connectivity index (χ1) is 25.1. The van der Waals surface area contributed by atoms with Gasteiger partial charge in [0.1, 0.15) is 16.7 Å². The molecule has 1 aromatic carbocycles. The highest BCUT2D eigenvalue weighted by Gasteiger charge is 2.39. The van der Waals surface area contributed by atoms with Crippen LogP contribution >= 0.6 is 11.6 Å². The minimum atomic E-state index is -1.54. The summed E-state index contributed by atoms with van der Waals surface area (Å²) in [6.45, 7) is 13.4. The molecule has 2 bridgehead atoms. The third-order valence-electron chi connectivity index (χ3n) is 12.1. The Kier molecular flexibility index (Phi) is 13.7. The van der Waals surface area contributed by atoms with E-state index in [0.717, 1.165) is 49.7 Å². The number of benzene rings is 1. The number of hydrogen-bond donors (Lipinski definition) is 1. The largest absolute Gasteiger partial charge is 0.489 e. The predicted octanol–water partition coefficient (Wildman–Crippen LogP) is 6.88. The number of ether oxygens (including phenoxy) is 2. The zero-order chi connectivity index (χ0) is 36.8. The highest BCUT2D eigenvalue weighted by Crippen LogP contribution is 2.42. The highest BCUT2D eigenvalue weighted by atomic mass is 35.5. The van der Waals surface area contributed by atoms with Crippen LogP contribution in [0.15, 0.2) is 42.5 Å². The number of carbonyl (C=O) groups excluding carboxylic acids is 1. The Morgan fingerprint density at radius 2 is 1.90 bits per heavy atom. The molecular formula is C41H60ClN5O4S. The summed E-state index contributed by atoms with van der Waals surface area (Å²) in [7, 11) is 2.49. The van der Waals surface area contributed by atoms with E-state index in [4.69, 9.17) is 26.1 Å². The fourth-order valence-corrected chi connectivity index (χ4v) is 9.82. The monoisotopic (exact) mass is 753 g/mol. The summed E-state index contributed by atoms with van der Waals surface area (Å²) in [4.78, 5) is 25.5. The van der Waals surface area contributed by atoms with Gasteiger partial charge in [0.15, 0.2) is 11.6 Å². The molecule has 11 heteroatoms. The van der Waals surface area contributed by atoms with Crippen molar-refractivity contribution in [2.75, 3.05) is 64.9 Å². The number of pyridine rings is 1. The van der Waals surface area contributed by atoms with Crippen LogP contribution in [0.2, 0.25) is 5.02 Å². The van der Waals surface area contributed by atoms with E-state index in [1.54, 1.807) is 13.2 Å². The number of hydrogen-bond acceptors (Lipinski definition) is 8. The molecule has 1 saturated carbocycles. The summed E-state index contributed by atoms with van der Waals surface area (Å²) in [6.07, 6.45) is 13.6. The Balaban J connectivity index is 0.000000357. The molecular weight excluding hydrogens is 694 g/mol. The number of amides is 1. The van der Waals surface area contributed by atoms with Gasteiger partial charge in [-0.25, -0.2) is 9.19 Å². The number of piperazine rings is 1. The van der Waals surface area contributed by atoms with Crippen LogP contribution in [0.5, 0.6) is 5.75 Å². The van der Waals surface area contributed by atoms with E-state index in [1.165, 1.54) is 56.6 Å². The van der Waals surface area contributed by atoms with E-state index in [0.29, 0.717) is 36.6 Å². The zero-order valence-corrected chi connectivity index (χ0v) is 33.5. The molecule has 8 unspecified atom stereocenters. The molecule has 5 aliphatic rings. The zero-order valence-electron chi connectivity index (χ0n) is 31.9. The quantitative estimate of drug-likeness (QED) is 0.339. The lowest BCUT2D eigenvalue weighted by molar-refractivity contribution is 0.0134. The number of likely N-dealkylation sites (N-methyl/N-ethyl adjacent to an activating group) is 1. The average molecular weight is 754 g/mol. The number of nitrogens with zero attached hydrogens (tertiary/aromatic N) is 4. The van der Waals surface area contributed by atoms with Gasteiger partial charge in [0, 0.05) is 56.8 Å². The van der Waals surface area contributed by atoms with Gasteiger partial charge >= 0.3 is 0 Å². The lowest BCUT2D eigenvalue weighted by Gasteiger charge is -2.43. The normalized spacial score (nSPS) is 32.0. The number of aromatic nitrogens is 1. The second kappa shape index (κ2) is 18.2. The van der Waals surface area contributed by atoms with Crippen molar-refractivity contribution in [1.82, 2.24) is 19.5 Å². The molecule has 2 aromatic rings. The number of halogens is 1. The first kappa shape index (κ1) is 39.2. The number of piperidine rings is 1. The van der Waals surface area contributed by atoms with Gasteiger partial charge in [-0.15, -0.1) is 0 Å². The molecule has 52 heavy (non-hydrogen) atoms. The van der Waals surface area contributed by atoms with Gasteiger partial charge in [0.2, 0.25) is 0 Å². The van der Waals surface area contributed by atoms with E-state index in [2.05, 4.69) is 64.6 Å². The fourth-order valence-electron chi connectivity index (χ4n) is 8.62. The van der Waals surface area contributed by atoms with Crippen LogP contribution in [0.3, 0.4) is 0 Å². The Bertz CT molecular complexity index is 1580. The van der Waals surface area contributed by atoms with Crippen molar-refractivity contribution < 1.29 is 18.5 Å². The predicted molar refractivity (Wildman–Crippen MR) is 212 cm³/mol. The average Bonchev–Trinajstić information content (AvgIpc) is 3.31. The fraction of sp³-hybridized carbons (Fsp3) is 0.659. The molecule has 2 saturated heterocycles. The van der Waals surface area contributed by atoms with Crippen molar-refractivity contribution in [3.63, 3.8) is 0 Å². The van der Waals surface area contributed by atoms with E-state index in [-0.39, 0.29) is 28.9 Å². The number of nitrogens with one attached hydrogen (secondary N) is 1. The number of fused-ring (bicyclic) bond motifs is 3. The maximum atomic E-state index is 13.2. The molecule has 1 aromatic heterocycles. The summed E-state index contributed by atoms with van der Waals surface area (Å²) in [5.41, 5.74) is 2.74. The third-order valence-corrected chi connectivity index (χ3v) is 13.9. The molecule has 0 radical (unpaired) electrons. The number of allylic oxidation sites excluding steroid dienone is 1. The molecule has 1 amide bonds. The Morgan fingerprint density at radius 1 is 1.06 bits per heavy atom. The number of anilines is 1. The van der Waals surface area contributed by atoms with Crippen molar-refractivity contribution >= 4 is 34.3 Å². The Hall–Kier alpha value is -2.50. The smallest absolute Gasteiger partial charge is 0.281 e. The molecule has 7 rings (SSSR count). The van der Waals surface area contributed by atoms with Crippen LogP contribution in [-0.2, 0) is 22.1 Å². The van der Waals surface area contributed by atoms with E-state index < -0.39 is 16.9 Å². The van der Waals surface area contributed by atoms with Crippen LogP contribution in [0.25, 0.3) is 0 Å². The van der Waals surface area contributed by atoms with Crippen molar-refractivity contribution in [1.29, 1.82) is 0 Å². The number of rotatable bonds is 4. The second-order valence-electron chi connectivity index (χ2n) is 15.7. The molecule has 3 fully saturated rings. The number of aryl methyl sites for hydroxylation is 1. The summed E-state index contributed by atoms with van der Waals surface area (Å²) < 4.78 is 28.1. The highest BCUT2D eigenvalue weighted by molar-refractivity contribution is 7.84. The van der Waals surface area contributed by atoms with Crippen molar-refractivity contribution in [3.05, 3.63) is 64.3 Å².